The van der Waals surface area contributed by atoms with Crippen molar-refractivity contribution in [3.63, 3.8) is 0 Å². The number of benzene rings is 1. The van der Waals surface area contributed by atoms with Crippen LogP contribution in [0.4, 0.5) is 22.9 Å². The highest BCUT2D eigenvalue weighted by Gasteiger charge is 2.21. The molecule has 1 aromatic carbocycles. The quantitative estimate of drug-likeness (QED) is 0.304. The number of nitrogen functional groups attached to an aromatic ring is 1. The van der Waals surface area contributed by atoms with Crippen LogP contribution < -0.4 is 21.7 Å². The van der Waals surface area contributed by atoms with Crippen LogP contribution in [-0.4, -0.2) is 59.7 Å². The minimum Gasteiger partial charge on any atom is -0.399 e. The SMILES string of the molecule is CCN(CCN(C)C)c1nn2ccccc2c1N=C1C=C(Nc2ccc(N)cc2)C(=N)C=C1N. The molecule has 0 fully saturated rings. The van der Waals surface area contributed by atoms with Crippen LogP contribution >= 0.6 is 0 Å². The van der Waals surface area contributed by atoms with E-state index in [1.807, 2.05) is 53.2 Å². The third-order valence-electron chi connectivity index (χ3n) is 5.58. The summed E-state index contributed by atoms with van der Waals surface area (Å²) in [5.41, 5.74) is 17.2. The monoisotopic (exact) mass is 457 g/mol. The Morgan fingerprint density at radius 3 is 2.53 bits per heavy atom. The van der Waals surface area contributed by atoms with Crippen molar-refractivity contribution >= 4 is 39.8 Å². The number of fused-ring (bicyclic) bond motifs is 1. The lowest BCUT2D eigenvalue weighted by Gasteiger charge is -2.23. The summed E-state index contributed by atoms with van der Waals surface area (Å²) in [4.78, 5) is 9.34. The molecule has 0 bridgehead atoms. The first-order valence-corrected chi connectivity index (χ1v) is 11.2. The van der Waals surface area contributed by atoms with E-state index in [0.717, 1.165) is 42.3 Å². The number of pyridine rings is 1. The van der Waals surface area contributed by atoms with Gasteiger partial charge in [0.15, 0.2) is 5.82 Å². The number of nitrogens with two attached hydrogens (primary N) is 2. The number of nitrogens with zero attached hydrogens (tertiary/aromatic N) is 5. The Balaban J connectivity index is 1.76. The van der Waals surface area contributed by atoms with Gasteiger partial charge in [-0.2, -0.15) is 0 Å². The predicted molar refractivity (Wildman–Crippen MR) is 141 cm³/mol. The van der Waals surface area contributed by atoms with Crippen molar-refractivity contribution in [1.29, 1.82) is 5.41 Å². The normalized spacial score (nSPS) is 15.1. The topological polar surface area (TPSA) is 124 Å². The second kappa shape index (κ2) is 9.80. The Labute approximate surface area is 199 Å². The molecule has 0 atom stereocenters. The zero-order chi connectivity index (χ0) is 24.2. The molecule has 0 radical (unpaired) electrons. The molecule has 176 valence electrons. The van der Waals surface area contributed by atoms with Crippen molar-refractivity contribution in [3.8, 4) is 0 Å². The molecule has 2 heterocycles. The summed E-state index contributed by atoms with van der Waals surface area (Å²) in [6.07, 6.45) is 5.34. The second-order valence-corrected chi connectivity index (χ2v) is 8.40. The third kappa shape index (κ3) is 4.94. The molecule has 0 spiro atoms. The van der Waals surface area contributed by atoms with E-state index in [1.54, 1.807) is 12.2 Å². The zero-order valence-corrected chi connectivity index (χ0v) is 19.8. The van der Waals surface area contributed by atoms with Crippen molar-refractivity contribution in [2.45, 2.75) is 6.92 Å². The molecule has 3 aromatic rings. The lowest BCUT2D eigenvalue weighted by atomic mass is 10.0. The summed E-state index contributed by atoms with van der Waals surface area (Å²) in [6.45, 7) is 4.63. The lowest BCUT2D eigenvalue weighted by Crippen LogP contribution is -2.32. The molecule has 0 amide bonds. The van der Waals surface area contributed by atoms with Gasteiger partial charge in [0.25, 0.3) is 0 Å². The Hall–Kier alpha value is -4.11. The summed E-state index contributed by atoms with van der Waals surface area (Å²) in [5.74, 6) is 0.804. The molecular weight excluding hydrogens is 426 g/mol. The number of likely N-dealkylation sites (N-methyl/N-ethyl adjacent to an activating group) is 2. The van der Waals surface area contributed by atoms with Crippen LogP contribution in [0.25, 0.3) is 5.52 Å². The lowest BCUT2D eigenvalue weighted by molar-refractivity contribution is 0.413. The summed E-state index contributed by atoms with van der Waals surface area (Å²) >= 11 is 0. The van der Waals surface area contributed by atoms with Gasteiger partial charge < -0.3 is 26.6 Å². The maximum absolute atomic E-state index is 8.38. The first kappa shape index (κ1) is 23.1. The van der Waals surface area contributed by atoms with Crippen molar-refractivity contribution in [2.75, 3.05) is 49.7 Å². The molecular formula is C25H31N9. The first-order chi connectivity index (χ1) is 16.4. The van der Waals surface area contributed by atoms with Crippen LogP contribution in [0.1, 0.15) is 6.92 Å². The summed E-state index contributed by atoms with van der Waals surface area (Å²) in [7, 11) is 4.11. The maximum atomic E-state index is 8.38. The summed E-state index contributed by atoms with van der Waals surface area (Å²) in [5, 5.41) is 16.5. The fourth-order valence-electron chi connectivity index (χ4n) is 3.68. The zero-order valence-electron chi connectivity index (χ0n) is 19.8. The number of aromatic nitrogens is 2. The van der Waals surface area contributed by atoms with Gasteiger partial charge in [0, 0.05) is 37.2 Å². The number of rotatable bonds is 8. The third-order valence-corrected chi connectivity index (χ3v) is 5.58. The molecule has 0 unspecified atom stereocenters. The molecule has 0 saturated carbocycles. The highest BCUT2D eigenvalue weighted by atomic mass is 15.3. The van der Waals surface area contributed by atoms with Crippen LogP contribution in [0.3, 0.4) is 0 Å². The average Bonchev–Trinajstić information content (AvgIpc) is 3.17. The average molecular weight is 458 g/mol. The van der Waals surface area contributed by atoms with Gasteiger partial charge >= 0.3 is 0 Å². The Bertz CT molecular complexity index is 1280. The first-order valence-electron chi connectivity index (χ1n) is 11.2. The van der Waals surface area contributed by atoms with Crippen molar-refractivity contribution < 1.29 is 0 Å². The molecule has 0 saturated heterocycles. The molecule has 4 rings (SSSR count). The van der Waals surface area contributed by atoms with E-state index in [1.165, 1.54) is 0 Å². The largest absolute Gasteiger partial charge is 0.399 e. The highest BCUT2D eigenvalue weighted by molar-refractivity contribution is 6.24. The van der Waals surface area contributed by atoms with Crippen molar-refractivity contribution in [2.24, 2.45) is 10.7 Å². The van der Waals surface area contributed by atoms with Crippen LogP contribution in [0.5, 0.6) is 0 Å². The van der Waals surface area contributed by atoms with E-state index in [9.17, 15) is 0 Å². The molecule has 9 heteroatoms. The van der Waals surface area contributed by atoms with E-state index < -0.39 is 0 Å². The van der Waals surface area contributed by atoms with Crippen molar-refractivity contribution in [1.82, 2.24) is 14.5 Å². The van der Waals surface area contributed by atoms with Gasteiger partial charge in [0.1, 0.15) is 5.69 Å². The van der Waals surface area contributed by atoms with E-state index in [2.05, 4.69) is 36.1 Å². The molecule has 6 N–H and O–H groups in total. The van der Waals surface area contributed by atoms with Gasteiger partial charge in [-0.3, -0.25) is 5.41 Å². The van der Waals surface area contributed by atoms with Gasteiger partial charge in [-0.15, -0.1) is 5.10 Å². The Morgan fingerprint density at radius 2 is 1.82 bits per heavy atom. The van der Waals surface area contributed by atoms with Gasteiger partial charge in [-0.1, -0.05) is 6.07 Å². The van der Waals surface area contributed by atoms with Gasteiger partial charge in [0.05, 0.1) is 28.3 Å². The van der Waals surface area contributed by atoms with Gasteiger partial charge in [0.2, 0.25) is 0 Å². The minimum absolute atomic E-state index is 0.287. The number of aliphatic imine (C=N–C) groups is 1. The molecule has 0 aliphatic heterocycles. The Morgan fingerprint density at radius 1 is 1.06 bits per heavy atom. The number of allylic oxidation sites excluding steroid dienone is 2. The molecule has 2 aromatic heterocycles. The standard InChI is InChI=1S/C25H31N9/c1-4-33(14-13-32(2)3)25-24(23-7-5-6-12-34(23)31-25)30-22-16-21(19(27)15-20(22)28)29-18-10-8-17(26)9-11-18/h5-12,15-16,27,29H,4,13-14,26,28H2,1-3H3. The van der Waals surface area contributed by atoms with E-state index >= 15 is 0 Å². The smallest absolute Gasteiger partial charge is 0.177 e. The number of hydrogen-bond acceptors (Lipinski definition) is 8. The molecule has 9 nitrogen and oxygen atoms in total. The summed E-state index contributed by atoms with van der Waals surface area (Å²) in [6, 6.07) is 13.3. The highest BCUT2D eigenvalue weighted by Crippen LogP contribution is 2.33. The predicted octanol–water partition coefficient (Wildman–Crippen LogP) is 3.25. The summed E-state index contributed by atoms with van der Waals surface area (Å²) < 4.78 is 1.84. The van der Waals surface area contributed by atoms with Crippen molar-refractivity contribution in [3.05, 3.63) is 72.2 Å². The van der Waals surface area contributed by atoms with Crippen LogP contribution in [0, 0.1) is 5.41 Å². The number of hydrogen-bond donors (Lipinski definition) is 4. The number of anilines is 3. The minimum atomic E-state index is 0.287. The fraction of sp³-hybridized carbons (Fsp3) is 0.240. The molecule has 1 aliphatic rings. The van der Waals surface area contributed by atoms with Crippen LogP contribution in [0.15, 0.2) is 77.2 Å². The van der Waals surface area contributed by atoms with E-state index in [0.29, 0.717) is 22.8 Å². The number of nitrogens with one attached hydrogen (secondary N) is 2. The molecule has 34 heavy (non-hydrogen) atoms. The van der Waals surface area contributed by atoms with E-state index in [-0.39, 0.29) is 5.71 Å². The van der Waals surface area contributed by atoms with Gasteiger partial charge in [-0.05, 0) is 69.6 Å². The van der Waals surface area contributed by atoms with Crippen LogP contribution in [0.2, 0.25) is 0 Å². The van der Waals surface area contributed by atoms with Gasteiger partial charge in [-0.25, -0.2) is 9.51 Å². The second-order valence-electron chi connectivity index (χ2n) is 8.40. The molecule has 1 aliphatic carbocycles. The fourth-order valence-corrected chi connectivity index (χ4v) is 3.68. The maximum Gasteiger partial charge on any atom is 0.177 e. The van der Waals surface area contributed by atoms with E-state index in [4.69, 9.17) is 27.0 Å². The Kier molecular flexibility index (Phi) is 6.65. The van der Waals surface area contributed by atoms with Crippen LogP contribution in [-0.2, 0) is 0 Å².